The number of nitriles is 1. The topological polar surface area (TPSA) is 224 Å². The molecule has 5 aromatic heterocycles. The summed E-state index contributed by atoms with van der Waals surface area (Å²) in [4.78, 5) is 4.31. The molecule has 101 heavy (non-hydrogen) atoms. The van der Waals surface area contributed by atoms with Gasteiger partial charge in [-0.2, -0.15) is 41.1 Å². The second-order valence-electron chi connectivity index (χ2n) is 23.4. The molecule has 0 amide bonds. The molecule has 2 aliphatic rings. The maximum absolute atomic E-state index is 9.33. The summed E-state index contributed by atoms with van der Waals surface area (Å²) >= 11 is 49.8. The van der Waals surface area contributed by atoms with E-state index in [0.29, 0.717) is 87.8 Å². The number of hydrogen-bond donors (Lipinski definition) is 1. The standard InChI is InChI=1S/2C19H15Cl2N5.C18H14Cl2N6.C18H13Cl2N3/c1-11-3-5-13(6-4-11)19-12(2)18(16-10-22-25-23-16)24-26(19)17-8-7-14(20)9-15(17)21;1-11-3-5-13(6-4-11)18-12(2)17(19-22-10-23-24-19)25-26(18)16-8-7-14(20)9-15(16)21;1-10-3-5-12(6-4-10)17-11(2)16(18-21-24-25-22-18)23-26(17)15-8-7-13(19)9-14(15)20;1-11-3-5-13(6-4-11)18-12(2)16(10-21)22-23(18)17-8-7-14(19)9-15(17)20/h2*3-9H,10H2,1-2H3;3-9H,1-2H3,(H,21,22,24,25);3-9H,1-2H3. The van der Waals surface area contributed by atoms with Crippen molar-refractivity contribution in [1.29, 1.82) is 5.26 Å². The zero-order valence-electron chi connectivity index (χ0n) is 55.2. The van der Waals surface area contributed by atoms with Crippen LogP contribution in [0.2, 0.25) is 40.2 Å². The number of aliphatic imine (C=N–C) groups is 1. The van der Waals surface area contributed by atoms with Crippen molar-refractivity contribution in [1.82, 2.24) is 59.7 Å². The van der Waals surface area contributed by atoms with Crippen LogP contribution in [-0.4, -0.2) is 84.5 Å². The minimum Gasteiger partial charge on any atom is -0.237 e. The van der Waals surface area contributed by atoms with Crippen LogP contribution < -0.4 is 0 Å². The number of hydrogen-bond acceptors (Lipinski definition) is 14. The highest BCUT2D eigenvalue weighted by molar-refractivity contribution is 6.37. The number of amidine groups is 1. The third-order valence-electron chi connectivity index (χ3n) is 16.4. The van der Waals surface area contributed by atoms with Crippen molar-refractivity contribution in [3.63, 3.8) is 0 Å². The summed E-state index contributed by atoms with van der Waals surface area (Å²) in [5, 5.41) is 66.4. The summed E-state index contributed by atoms with van der Waals surface area (Å²) in [6.07, 6.45) is 0. The molecule has 27 heteroatoms. The van der Waals surface area contributed by atoms with Gasteiger partial charge < -0.3 is 0 Å². The summed E-state index contributed by atoms with van der Waals surface area (Å²) < 4.78 is 7.17. The molecule has 0 spiro atoms. The van der Waals surface area contributed by atoms with Crippen molar-refractivity contribution in [3.05, 3.63) is 272 Å². The molecular weight excluding hydrogens is 1440 g/mol. The van der Waals surface area contributed by atoms with E-state index in [-0.39, 0.29) is 0 Å². The van der Waals surface area contributed by atoms with Gasteiger partial charge in [0.1, 0.15) is 35.4 Å². The van der Waals surface area contributed by atoms with Gasteiger partial charge in [-0.25, -0.2) is 23.7 Å². The number of aromatic amines is 1. The van der Waals surface area contributed by atoms with Crippen molar-refractivity contribution in [3.8, 4) is 85.4 Å². The molecule has 8 aromatic carbocycles. The van der Waals surface area contributed by atoms with E-state index < -0.39 is 0 Å². The molecule has 15 rings (SSSR count). The first kappa shape index (κ1) is 70.9. The molecule has 7 heterocycles. The summed E-state index contributed by atoms with van der Waals surface area (Å²) in [5.41, 5.74) is 22.4. The largest absolute Gasteiger partial charge is 0.237 e. The minimum absolute atomic E-state index is 0.337. The van der Waals surface area contributed by atoms with Crippen molar-refractivity contribution in [2.75, 3.05) is 13.2 Å². The Labute approximate surface area is 621 Å². The molecule has 0 atom stereocenters. The zero-order valence-corrected chi connectivity index (χ0v) is 61.2. The van der Waals surface area contributed by atoms with Crippen LogP contribution in [-0.2, 0) is 0 Å². The normalized spacial score (nSPS) is 12.1. The number of aryl methyl sites for hydroxylation is 4. The number of azo groups is 1. The Morgan fingerprint density at radius 3 is 1.10 bits per heavy atom. The predicted molar refractivity (Wildman–Crippen MR) is 404 cm³/mol. The van der Waals surface area contributed by atoms with Crippen LogP contribution in [0.25, 0.3) is 79.3 Å². The summed E-state index contributed by atoms with van der Waals surface area (Å²) in [5.74, 6) is 0.972. The smallest absolute Gasteiger partial charge is 0.225 e. The highest BCUT2D eigenvalue weighted by atomic mass is 35.5. The second-order valence-corrected chi connectivity index (χ2v) is 26.8. The number of aromatic nitrogens is 12. The number of benzene rings is 8. The Morgan fingerprint density at radius 2 is 0.762 bits per heavy atom. The van der Waals surface area contributed by atoms with Gasteiger partial charge in [0.05, 0.1) is 65.6 Å². The number of halogens is 8. The lowest BCUT2D eigenvalue weighted by Crippen LogP contribution is -2.06. The molecule has 0 aliphatic carbocycles. The molecule has 19 nitrogen and oxygen atoms in total. The van der Waals surface area contributed by atoms with Crippen LogP contribution in [0.1, 0.15) is 61.6 Å². The fourth-order valence-corrected chi connectivity index (χ4v) is 13.2. The predicted octanol–water partition coefficient (Wildman–Crippen LogP) is 21.2. The van der Waals surface area contributed by atoms with Crippen LogP contribution in [0, 0.1) is 66.7 Å². The lowest BCUT2D eigenvalue weighted by molar-refractivity contribution is 0.880. The molecule has 504 valence electrons. The van der Waals surface area contributed by atoms with E-state index in [1.165, 1.54) is 22.3 Å². The lowest BCUT2D eigenvalue weighted by atomic mass is 10.0. The van der Waals surface area contributed by atoms with Crippen LogP contribution in [0.5, 0.6) is 0 Å². The molecular formula is C74H57Cl8N19. The fourth-order valence-electron chi connectivity index (χ4n) is 11.3. The van der Waals surface area contributed by atoms with Gasteiger partial charge in [0.2, 0.25) is 5.82 Å². The van der Waals surface area contributed by atoms with Gasteiger partial charge in [-0.15, -0.1) is 20.4 Å². The average Bonchev–Trinajstić information content (AvgIpc) is 1.66. The first-order valence-electron chi connectivity index (χ1n) is 31.1. The van der Waals surface area contributed by atoms with Crippen LogP contribution >= 0.6 is 92.8 Å². The highest BCUT2D eigenvalue weighted by Crippen LogP contribution is 2.39. The molecule has 13 aromatic rings. The van der Waals surface area contributed by atoms with Crippen LogP contribution in [0.15, 0.2) is 201 Å². The van der Waals surface area contributed by atoms with E-state index in [1.807, 2.05) is 86.4 Å². The molecule has 0 unspecified atom stereocenters. The van der Waals surface area contributed by atoms with E-state index in [0.717, 1.165) is 95.8 Å². The molecule has 2 aliphatic heterocycles. The van der Waals surface area contributed by atoms with E-state index >= 15 is 0 Å². The molecule has 0 saturated carbocycles. The highest BCUT2D eigenvalue weighted by Gasteiger charge is 2.27. The molecule has 0 saturated heterocycles. The maximum Gasteiger partial charge on any atom is 0.225 e. The van der Waals surface area contributed by atoms with Gasteiger partial charge in [0.25, 0.3) is 0 Å². The van der Waals surface area contributed by atoms with Crippen molar-refractivity contribution < 1.29 is 0 Å². The van der Waals surface area contributed by atoms with E-state index in [2.05, 4.69) is 156 Å². The number of tetrazole rings is 1. The number of H-pyrrole nitrogens is 1. The van der Waals surface area contributed by atoms with Crippen LogP contribution in [0.3, 0.4) is 0 Å². The van der Waals surface area contributed by atoms with Gasteiger partial charge in [-0.1, -0.05) is 212 Å². The van der Waals surface area contributed by atoms with Gasteiger partial charge >= 0.3 is 0 Å². The van der Waals surface area contributed by atoms with Gasteiger partial charge in [-0.3, -0.25) is 0 Å². The van der Waals surface area contributed by atoms with E-state index in [9.17, 15) is 5.26 Å². The second kappa shape index (κ2) is 30.9. The summed E-state index contributed by atoms with van der Waals surface area (Å²) in [6.45, 7) is 16.9. The average molecular weight is 1500 g/mol. The summed E-state index contributed by atoms with van der Waals surface area (Å²) in [6, 6.07) is 56.3. The summed E-state index contributed by atoms with van der Waals surface area (Å²) in [7, 11) is 0. The molecule has 0 bridgehead atoms. The monoisotopic (exact) mass is 1490 g/mol. The molecule has 0 fully saturated rings. The Balaban J connectivity index is 0.000000128. The molecule has 1 N–H and O–H groups in total. The zero-order chi connectivity index (χ0) is 71.3. The minimum atomic E-state index is 0.337. The van der Waals surface area contributed by atoms with E-state index in [1.54, 1.807) is 64.0 Å². The quantitative estimate of drug-likeness (QED) is 0.131. The third-order valence-corrected chi connectivity index (χ3v) is 18.5. The Bertz CT molecular complexity index is 5430. The van der Waals surface area contributed by atoms with Crippen molar-refractivity contribution in [2.45, 2.75) is 55.4 Å². The Hall–Kier alpha value is -9.98. The van der Waals surface area contributed by atoms with Gasteiger partial charge in [-0.05, 0) is 139 Å². The SMILES string of the molecule is Cc1ccc(-c2c(C)c(-c3nn[nH]n3)nn2-c2ccc(Cl)cc2Cl)cc1.Cc1ccc(-c2c(C)c(C#N)nn2-c2ccc(Cl)cc2Cl)cc1.Cc1ccc(-c2c(C)c(C3=NCN=N3)nn2-c2ccc(Cl)cc2Cl)cc1.Cc1ccc(-c2c(C)c(C3=NN=NC3)nn2-c2ccc(Cl)cc2Cl)cc1. The van der Waals surface area contributed by atoms with Crippen molar-refractivity contribution in [2.24, 2.45) is 30.7 Å². The van der Waals surface area contributed by atoms with Crippen LogP contribution in [0.4, 0.5) is 0 Å². The number of rotatable bonds is 11. The maximum atomic E-state index is 9.33. The van der Waals surface area contributed by atoms with E-state index in [4.69, 9.17) is 108 Å². The van der Waals surface area contributed by atoms with Crippen molar-refractivity contribution >= 4 is 104 Å². The first-order valence-corrected chi connectivity index (χ1v) is 34.1. The van der Waals surface area contributed by atoms with Gasteiger partial charge in [0.15, 0.2) is 18.2 Å². The Morgan fingerprint density at radius 1 is 0.406 bits per heavy atom. The lowest BCUT2D eigenvalue weighted by Gasteiger charge is -2.11. The fraction of sp³-hybridized carbons (Fsp3) is 0.135. The molecule has 0 radical (unpaired) electrons. The van der Waals surface area contributed by atoms with Gasteiger partial charge in [0, 0.05) is 64.6 Å². The number of nitrogens with zero attached hydrogens (tertiary/aromatic N) is 18. The Kier molecular flexibility index (Phi) is 21.7. The third kappa shape index (κ3) is 15.4. The number of nitrogens with one attached hydrogen (secondary N) is 1. The first-order chi connectivity index (χ1) is 48.6.